The third kappa shape index (κ3) is 4.54. The smallest absolute Gasteiger partial charge is 0.465 e. The van der Waals surface area contributed by atoms with Crippen molar-refractivity contribution in [3.63, 3.8) is 0 Å². The fourth-order valence-electron chi connectivity index (χ4n) is 4.44. The fourth-order valence-corrected chi connectivity index (χ4v) is 4.44. The zero-order valence-corrected chi connectivity index (χ0v) is 19.6. The topological polar surface area (TPSA) is 106 Å². The molecule has 8 nitrogen and oxygen atoms in total. The number of nitrogens with one attached hydrogen (secondary N) is 2. The van der Waals surface area contributed by atoms with E-state index in [0.717, 1.165) is 54.0 Å². The molecule has 0 atom stereocenters. The molecule has 2 aromatic rings. The number of aromatic nitrogens is 2. The van der Waals surface area contributed by atoms with E-state index in [9.17, 15) is 4.79 Å². The molecule has 9 heteroatoms. The Morgan fingerprint density at radius 1 is 1.12 bits per heavy atom. The van der Waals surface area contributed by atoms with Crippen LogP contribution in [0.2, 0.25) is 0 Å². The Morgan fingerprint density at radius 2 is 1.75 bits per heavy atom. The number of anilines is 1. The molecule has 2 heterocycles. The SMILES string of the molecule is CCc1cc(B2OC(C)(C)C(C)(C)O2)cc2cnc(NC3CCC(NC(=O)O)CC3)nc12. The molecule has 1 saturated carbocycles. The molecule has 1 aromatic heterocycles. The Labute approximate surface area is 189 Å². The molecule has 1 aromatic carbocycles. The minimum absolute atomic E-state index is 0.0307. The first-order chi connectivity index (χ1) is 15.1. The van der Waals surface area contributed by atoms with Crippen molar-refractivity contribution in [3.05, 3.63) is 23.9 Å². The standard InChI is InChI=1S/C23H33BN4O4/c1-6-14-11-16(24-31-22(2,3)23(4,5)32-24)12-15-13-25-20(28-19(14)15)26-17-7-9-18(10-8-17)27-21(29)30/h11-13,17-18,27H,6-10H2,1-5H3,(H,29,30)(H,25,26,28). The molecule has 1 amide bonds. The molecule has 1 aliphatic carbocycles. The second-order valence-corrected chi connectivity index (χ2v) is 9.90. The summed E-state index contributed by atoms with van der Waals surface area (Å²) in [5.41, 5.74) is 2.28. The van der Waals surface area contributed by atoms with E-state index in [2.05, 4.69) is 62.4 Å². The van der Waals surface area contributed by atoms with Crippen LogP contribution in [0.3, 0.4) is 0 Å². The first-order valence-corrected chi connectivity index (χ1v) is 11.5. The quantitative estimate of drug-likeness (QED) is 0.612. The lowest BCUT2D eigenvalue weighted by Gasteiger charge is -2.32. The lowest BCUT2D eigenvalue weighted by molar-refractivity contribution is 0.00578. The van der Waals surface area contributed by atoms with E-state index in [1.54, 1.807) is 0 Å². The number of hydrogen-bond acceptors (Lipinski definition) is 6. The first kappa shape index (κ1) is 22.8. The summed E-state index contributed by atoms with van der Waals surface area (Å²) in [6.07, 6.45) is 5.14. The monoisotopic (exact) mass is 440 g/mol. The first-order valence-electron chi connectivity index (χ1n) is 11.5. The van der Waals surface area contributed by atoms with Gasteiger partial charge in [0.25, 0.3) is 0 Å². The molecule has 172 valence electrons. The molecule has 3 N–H and O–H groups in total. The van der Waals surface area contributed by atoms with Gasteiger partial charge in [-0.15, -0.1) is 0 Å². The third-order valence-electron chi connectivity index (χ3n) is 7.08. The number of hydrogen-bond donors (Lipinski definition) is 3. The van der Waals surface area contributed by atoms with E-state index in [-0.39, 0.29) is 23.3 Å². The van der Waals surface area contributed by atoms with E-state index in [1.165, 1.54) is 0 Å². The van der Waals surface area contributed by atoms with E-state index in [4.69, 9.17) is 19.4 Å². The molecular formula is C23H33BN4O4. The molecule has 0 bridgehead atoms. The second kappa shape index (κ2) is 8.52. The van der Waals surface area contributed by atoms with Crippen LogP contribution in [0.1, 0.15) is 65.9 Å². The lowest BCUT2D eigenvalue weighted by Crippen LogP contribution is -2.41. The van der Waals surface area contributed by atoms with Gasteiger partial charge in [-0.05, 0) is 70.8 Å². The molecule has 0 unspecified atom stereocenters. The largest absolute Gasteiger partial charge is 0.494 e. The highest BCUT2D eigenvalue weighted by molar-refractivity contribution is 6.62. The highest BCUT2D eigenvalue weighted by Gasteiger charge is 2.51. The van der Waals surface area contributed by atoms with Crippen LogP contribution in [0.5, 0.6) is 0 Å². The van der Waals surface area contributed by atoms with Gasteiger partial charge in [0.2, 0.25) is 5.95 Å². The molecular weight excluding hydrogens is 407 g/mol. The fraction of sp³-hybridized carbons (Fsp3) is 0.609. The van der Waals surface area contributed by atoms with Crippen LogP contribution in [0.15, 0.2) is 18.3 Å². The number of nitrogens with zero attached hydrogens (tertiary/aromatic N) is 2. The minimum atomic E-state index is -0.953. The molecule has 32 heavy (non-hydrogen) atoms. The van der Waals surface area contributed by atoms with Crippen molar-refractivity contribution in [1.82, 2.24) is 15.3 Å². The van der Waals surface area contributed by atoms with Crippen LogP contribution in [-0.2, 0) is 15.7 Å². The normalized spacial score (nSPS) is 24.5. The zero-order valence-electron chi connectivity index (χ0n) is 19.6. The summed E-state index contributed by atoms with van der Waals surface area (Å²) in [5, 5.41) is 15.9. The predicted octanol–water partition coefficient (Wildman–Crippen LogP) is 3.48. The average Bonchev–Trinajstić information content (AvgIpc) is 2.95. The Kier molecular flexibility index (Phi) is 6.07. The number of amides is 1. The van der Waals surface area contributed by atoms with Gasteiger partial charge in [-0.1, -0.05) is 19.1 Å². The summed E-state index contributed by atoms with van der Waals surface area (Å²) < 4.78 is 12.5. The van der Waals surface area contributed by atoms with Gasteiger partial charge in [0.15, 0.2) is 0 Å². The maximum absolute atomic E-state index is 10.8. The van der Waals surface area contributed by atoms with Gasteiger partial charge in [-0.3, -0.25) is 0 Å². The number of benzene rings is 1. The van der Waals surface area contributed by atoms with Crippen molar-refractivity contribution >= 4 is 35.5 Å². The molecule has 1 saturated heterocycles. The van der Waals surface area contributed by atoms with Gasteiger partial charge >= 0.3 is 13.2 Å². The Balaban J connectivity index is 1.51. The highest BCUT2D eigenvalue weighted by Crippen LogP contribution is 2.36. The minimum Gasteiger partial charge on any atom is -0.465 e. The summed E-state index contributed by atoms with van der Waals surface area (Å²) >= 11 is 0. The summed E-state index contributed by atoms with van der Waals surface area (Å²) in [6, 6.07) is 4.46. The maximum atomic E-state index is 10.8. The summed E-state index contributed by atoms with van der Waals surface area (Å²) in [5.74, 6) is 0.616. The Hall–Kier alpha value is -2.39. The Bertz CT molecular complexity index is 989. The van der Waals surface area contributed by atoms with Gasteiger partial charge in [-0.25, -0.2) is 14.8 Å². The zero-order chi connectivity index (χ0) is 23.1. The molecule has 4 rings (SSSR count). The molecule has 2 fully saturated rings. The van der Waals surface area contributed by atoms with Crippen molar-refractivity contribution in [2.24, 2.45) is 0 Å². The van der Waals surface area contributed by atoms with Crippen LogP contribution in [-0.4, -0.2) is 51.6 Å². The molecule has 2 aliphatic rings. The second-order valence-electron chi connectivity index (χ2n) is 9.90. The molecule has 1 aliphatic heterocycles. The van der Waals surface area contributed by atoms with E-state index in [0.29, 0.717) is 5.95 Å². The summed E-state index contributed by atoms with van der Waals surface area (Å²) in [6.45, 7) is 10.3. The van der Waals surface area contributed by atoms with E-state index in [1.807, 2.05) is 6.20 Å². The Morgan fingerprint density at radius 3 is 2.34 bits per heavy atom. The summed E-state index contributed by atoms with van der Waals surface area (Å²) in [7, 11) is -0.415. The molecule has 0 spiro atoms. The van der Waals surface area contributed by atoms with Crippen LogP contribution in [0.4, 0.5) is 10.7 Å². The van der Waals surface area contributed by atoms with Gasteiger partial charge in [0, 0.05) is 23.7 Å². The van der Waals surface area contributed by atoms with Crippen LogP contribution < -0.4 is 16.1 Å². The third-order valence-corrected chi connectivity index (χ3v) is 7.08. The van der Waals surface area contributed by atoms with E-state index >= 15 is 0 Å². The van der Waals surface area contributed by atoms with Gasteiger partial charge in [-0.2, -0.15) is 0 Å². The number of carboxylic acid groups (broad SMARTS) is 1. The van der Waals surface area contributed by atoms with Gasteiger partial charge in [0.05, 0.1) is 16.7 Å². The van der Waals surface area contributed by atoms with Crippen molar-refractivity contribution in [2.75, 3.05) is 5.32 Å². The van der Waals surface area contributed by atoms with Crippen LogP contribution in [0.25, 0.3) is 10.9 Å². The van der Waals surface area contributed by atoms with Crippen molar-refractivity contribution < 1.29 is 19.2 Å². The predicted molar refractivity (Wildman–Crippen MR) is 125 cm³/mol. The number of rotatable bonds is 5. The van der Waals surface area contributed by atoms with Gasteiger partial charge < -0.3 is 25.0 Å². The van der Waals surface area contributed by atoms with Crippen molar-refractivity contribution in [1.29, 1.82) is 0 Å². The lowest BCUT2D eigenvalue weighted by atomic mass is 9.77. The summed E-state index contributed by atoms with van der Waals surface area (Å²) in [4.78, 5) is 20.2. The highest BCUT2D eigenvalue weighted by atomic mass is 16.7. The maximum Gasteiger partial charge on any atom is 0.494 e. The molecule has 0 radical (unpaired) electrons. The number of aryl methyl sites for hydroxylation is 1. The van der Waals surface area contributed by atoms with Crippen molar-refractivity contribution in [2.45, 2.75) is 90.0 Å². The number of carbonyl (C=O) groups is 1. The van der Waals surface area contributed by atoms with Crippen LogP contribution >= 0.6 is 0 Å². The van der Waals surface area contributed by atoms with Crippen LogP contribution in [0, 0.1) is 0 Å². The number of fused-ring (bicyclic) bond motifs is 1. The average molecular weight is 440 g/mol. The van der Waals surface area contributed by atoms with Crippen molar-refractivity contribution in [3.8, 4) is 0 Å². The van der Waals surface area contributed by atoms with E-state index < -0.39 is 13.2 Å². The van der Waals surface area contributed by atoms with Gasteiger partial charge in [0.1, 0.15) is 0 Å².